The zero-order valence-electron chi connectivity index (χ0n) is 13.6. The van der Waals surface area contributed by atoms with E-state index in [-0.39, 0.29) is 5.69 Å². The highest BCUT2D eigenvalue weighted by Crippen LogP contribution is 2.16. The molecule has 1 atom stereocenters. The first kappa shape index (κ1) is 17.0. The third-order valence-corrected chi connectivity index (χ3v) is 3.64. The number of carbonyl (C=O) groups excluding carboxylic acids is 1. The van der Waals surface area contributed by atoms with Gasteiger partial charge < -0.3 is 5.32 Å². The van der Waals surface area contributed by atoms with E-state index in [1.165, 1.54) is 48.0 Å². The number of rotatable bonds is 5. The second kappa shape index (κ2) is 6.97. The van der Waals surface area contributed by atoms with E-state index < -0.39 is 22.4 Å². The Morgan fingerprint density at radius 1 is 1.23 bits per heavy atom. The lowest BCUT2D eigenvalue weighted by atomic mass is 10.2. The fourth-order valence-corrected chi connectivity index (χ4v) is 2.24. The topological polar surface area (TPSA) is 125 Å². The number of amides is 1. The Labute approximate surface area is 146 Å². The summed E-state index contributed by atoms with van der Waals surface area (Å²) in [5, 5.41) is 21.5. The Kier molecular flexibility index (Phi) is 4.56. The van der Waals surface area contributed by atoms with Crippen molar-refractivity contribution in [1.29, 1.82) is 0 Å². The van der Waals surface area contributed by atoms with Crippen LogP contribution in [0.4, 0.5) is 11.4 Å². The van der Waals surface area contributed by atoms with Crippen LogP contribution < -0.4 is 10.9 Å². The van der Waals surface area contributed by atoms with Crippen molar-refractivity contribution >= 4 is 17.3 Å². The Morgan fingerprint density at radius 3 is 2.58 bits per heavy atom. The lowest BCUT2D eigenvalue weighted by Crippen LogP contribution is -2.33. The maximum absolute atomic E-state index is 12.4. The van der Waals surface area contributed by atoms with E-state index in [1.54, 1.807) is 18.5 Å². The van der Waals surface area contributed by atoms with Gasteiger partial charge in [0.2, 0.25) is 5.91 Å². The fraction of sp³-hybridized carbons (Fsp3) is 0.125. The second-order valence-corrected chi connectivity index (χ2v) is 5.39. The molecule has 1 amide bonds. The van der Waals surface area contributed by atoms with Gasteiger partial charge in [0.15, 0.2) is 5.82 Å². The Bertz CT molecular complexity index is 994. The molecule has 132 valence electrons. The van der Waals surface area contributed by atoms with Crippen LogP contribution in [0.25, 0.3) is 5.82 Å². The molecule has 0 aliphatic carbocycles. The molecule has 3 aromatic rings. The van der Waals surface area contributed by atoms with Crippen molar-refractivity contribution in [1.82, 2.24) is 19.6 Å². The van der Waals surface area contributed by atoms with Crippen molar-refractivity contribution in [2.24, 2.45) is 0 Å². The summed E-state index contributed by atoms with van der Waals surface area (Å²) in [6.45, 7) is 1.53. The van der Waals surface area contributed by atoms with Crippen molar-refractivity contribution in [2.45, 2.75) is 13.0 Å². The van der Waals surface area contributed by atoms with E-state index in [2.05, 4.69) is 15.5 Å². The largest absolute Gasteiger partial charge is 0.324 e. The first-order valence-electron chi connectivity index (χ1n) is 7.61. The molecular formula is C16H14N6O4. The van der Waals surface area contributed by atoms with Gasteiger partial charge in [-0.15, -0.1) is 5.10 Å². The first-order chi connectivity index (χ1) is 12.5. The summed E-state index contributed by atoms with van der Waals surface area (Å²) in [6, 6.07) is 9.02. The van der Waals surface area contributed by atoms with Gasteiger partial charge >= 0.3 is 0 Å². The Balaban J connectivity index is 1.81. The van der Waals surface area contributed by atoms with Gasteiger partial charge in [-0.25, -0.2) is 9.36 Å². The van der Waals surface area contributed by atoms with E-state index in [0.29, 0.717) is 11.5 Å². The molecule has 10 heteroatoms. The molecule has 0 bridgehead atoms. The minimum atomic E-state index is -0.895. The molecule has 3 rings (SSSR count). The molecule has 0 saturated heterocycles. The molecule has 0 spiro atoms. The molecule has 2 heterocycles. The number of hydrogen-bond donors (Lipinski definition) is 1. The monoisotopic (exact) mass is 354 g/mol. The van der Waals surface area contributed by atoms with E-state index in [9.17, 15) is 19.7 Å². The first-order valence-corrected chi connectivity index (χ1v) is 7.61. The van der Waals surface area contributed by atoms with Crippen LogP contribution in [-0.2, 0) is 4.79 Å². The van der Waals surface area contributed by atoms with Gasteiger partial charge in [0.25, 0.3) is 11.2 Å². The maximum atomic E-state index is 12.4. The van der Waals surface area contributed by atoms with Crippen LogP contribution in [0.1, 0.15) is 13.0 Å². The number of non-ortho nitro benzene ring substituents is 1. The molecule has 26 heavy (non-hydrogen) atoms. The summed E-state index contributed by atoms with van der Waals surface area (Å²) in [5.41, 5.74) is -0.142. The number of nitrogens with one attached hydrogen (secondary N) is 1. The zero-order valence-corrected chi connectivity index (χ0v) is 13.6. The van der Waals surface area contributed by atoms with Crippen LogP contribution in [0, 0.1) is 10.1 Å². The minimum absolute atomic E-state index is 0.0825. The highest BCUT2D eigenvalue weighted by Gasteiger charge is 2.18. The van der Waals surface area contributed by atoms with Crippen LogP contribution in [0.3, 0.4) is 0 Å². The number of hydrogen-bond acceptors (Lipinski definition) is 6. The number of nitrogens with zero attached hydrogens (tertiary/aromatic N) is 5. The van der Waals surface area contributed by atoms with Gasteiger partial charge in [-0.05, 0) is 31.2 Å². The third kappa shape index (κ3) is 3.48. The van der Waals surface area contributed by atoms with Crippen molar-refractivity contribution in [3.8, 4) is 5.82 Å². The summed E-state index contributed by atoms with van der Waals surface area (Å²) in [7, 11) is 0. The number of nitro benzene ring substituents is 1. The molecule has 0 radical (unpaired) electrons. The van der Waals surface area contributed by atoms with Crippen LogP contribution in [0.15, 0.2) is 59.7 Å². The summed E-state index contributed by atoms with van der Waals surface area (Å²) in [5.74, 6) is -0.0874. The number of anilines is 1. The van der Waals surface area contributed by atoms with Gasteiger partial charge in [-0.3, -0.25) is 19.7 Å². The summed E-state index contributed by atoms with van der Waals surface area (Å²) >= 11 is 0. The smallest absolute Gasteiger partial charge is 0.269 e. The molecule has 1 aromatic carbocycles. The average Bonchev–Trinajstić information content (AvgIpc) is 3.16. The van der Waals surface area contributed by atoms with E-state index >= 15 is 0 Å². The molecule has 0 aliphatic rings. The molecular weight excluding hydrogens is 340 g/mol. The van der Waals surface area contributed by atoms with Gasteiger partial charge in [0, 0.05) is 36.3 Å². The van der Waals surface area contributed by atoms with Gasteiger partial charge in [-0.2, -0.15) is 5.10 Å². The van der Waals surface area contributed by atoms with Crippen LogP contribution in [-0.4, -0.2) is 30.4 Å². The predicted molar refractivity (Wildman–Crippen MR) is 92.1 cm³/mol. The SMILES string of the molecule is CC(C(=O)Nc1ccc([N+](=O)[O-])cc1)n1nc(-n2cccn2)ccc1=O. The number of nitro groups is 1. The zero-order chi connectivity index (χ0) is 18.7. The third-order valence-electron chi connectivity index (χ3n) is 3.64. The predicted octanol–water partition coefficient (Wildman–Crippen LogP) is 1.54. The normalized spacial score (nSPS) is 11.7. The fourth-order valence-electron chi connectivity index (χ4n) is 2.24. The minimum Gasteiger partial charge on any atom is -0.324 e. The second-order valence-electron chi connectivity index (χ2n) is 5.39. The van der Waals surface area contributed by atoms with Crippen LogP contribution in [0.2, 0.25) is 0 Å². The highest BCUT2D eigenvalue weighted by molar-refractivity contribution is 5.93. The van der Waals surface area contributed by atoms with Gasteiger partial charge in [-0.1, -0.05) is 0 Å². The quantitative estimate of drug-likeness (QED) is 0.547. The summed E-state index contributed by atoms with van der Waals surface area (Å²) in [4.78, 5) is 34.6. The standard InChI is InChI=1S/C16H14N6O4/c1-11(16(24)18-12-3-5-13(6-4-12)22(25)26)21-15(23)8-7-14(19-21)20-10-2-9-17-20/h2-11H,1H3,(H,18,24). The van der Waals surface area contributed by atoms with Gasteiger partial charge in [0.05, 0.1) is 4.92 Å². The van der Waals surface area contributed by atoms with Crippen molar-refractivity contribution < 1.29 is 9.72 Å². The highest BCUT2D eigenvalue weighted by atomic mass is 16.6. The average molecular weight is 354 g/mol. The van der Waals surface area contributed by atoms with Gasteiger partial charge in [0.1, 0.15) is 6.04 Å². The van der Waals surface area contributed by atoms with Crippen LogP contribution >= 0.6 is 0 Å². The molecule has 0 fully saturated rings. The van der Waals surface area contributed by atoms with E-state index in [4.69, 9.17) is 0 Å². The lowest BCUT2D eigenvalue weighted by molar-refractivity contribution is -0.384. The summed E-state index contributed by atoms with van der Waals surface area (Å²) < 4.78 is 2.52. The molecule has 1 unspecified atom stereocenters. The molecule has 0 aliphatic heterocycles. The molecule has 10 nitrogen and oxygen atoms in total. The number of benzene rings is 1. The molecule has 1 N–H and O–H groups in total. The Hall–Kier alpha value is -3.82. The van der Waals surface area contributed by atoms with Crippen molar-refractivity contribution in [3.05, 3.63) is 75.3 Å². The van der Waals surface area contributed by atoms with Crippen molar-refractivity contribution in [3.63, 3.8) is 0 Å². The summed E-state index contributed by atoms with van der Waals surface area (Å²) in [6.07, 6.45) is 3.24. The van der Waals surface area contributed by atoms with E-state index in [0.717, 1.165) is 4.68 Å². The molecule has 2 aromatic heterocycles. The lowest BCUT2D eigenvalue weighted by Gasteiger charge is -2.14. The van der Waals surface area contributed by atoms with E-state index in [1.807, 2.05) is 0 Å². The maximum Gasteiger partial charge on any atom is 0.269 e. The Morgan fingerprint density at radius 2 is 1.96 bits per heavy atom. The number of carbonyl (C=O) groups is 1. The molecule has 0 saturated carbocycles. The van der Waals surface area contributed by atoms with Crippen LogP contribution in [0.5, 0.6) is 0 Å². The number of aromatic nitrogens is 4. The van der Waals surface area contributed by atoms with Crippen molar-refractivity contribution in [2.75, 3.05) is 5.32 Å².